The van der Waals surface area contributed by atoms with Crippen molar-refractivity contribution < 1.29 is 9.59 Å². The van der Waals surface area contributed by atoms with E-state index < -0.39 is 0 Å². The number of likely N-dealkylation sites (tertiary alicyclic amines) is 1. The molecule has 27 heavy (non-hydrogen) atoms. The quantitative estimate of drug-likeness (QED) is 0.648. The van der Waals surface area contributed by atoms with Gasteiger partial charge in [0.05, 0.1) is 11.3 Å². The lowest BCUT2D eigenvalue weighted by Crippen LogP contribution is -2.51. The second-order valence-corrected chi connectivity index (χ2v) is 11.0. The first kappa shape index (κ1) is 19.9. The monoisotopic (exact) mass is 412 g/mol. The van der Waals surface area contributed by atoms with Gasteiger partial charge in [0, 0.05) is 17.3 Å². The summed E-state index contributed by atoms with van der Waals surface area (Å²) in [6.45, 7) is 2.08. The number of fused-ring (bicyclic) bond motifs is 1. The summed E-state index contributed by atoms with van der Waals surface area (Å²) in [6, 6.07) is 0.769. The molecule has 1 saturated carbocycles. The molecule has 3 saturated heterocycles. The van der Waals surface area contributed by atoms with Crippen LogP contribution in [0, 0.1) is 5.92 Å². The van der Waals surface area contributed by atoms with Crippen molar-refractivity contribution >= 4 is 35.3 Å². The molecule has 0 aromatic heterocycles. The summed E-state index contributed by atoms with van der Waals surface area (Å²) < 4.78 is 0. The highest BCUT2D eigenvalue weighted by Gasteiger charge is 2.41. The molecule has 0 spiro atoms. The Labute approximate surface area is 170 Å². The minimum Gasteiger partial charge on any atom is -0.353 e. The average molecular weight is 413 g/mol. The molecule has 3 aliphatic heterocycles. The second-order valence-electron chi connectivity index (χ2n) is 8.39. The molecule has 0 bridgehead atoms. The Morgan fingerprint density at radius 3 is 2.56 bits per heavy atom. The minimum absolute atomic E-state index is 0.0610. The van der Waals surface area contributed by atoms with Gasteiger partial charge in [0.15, 0.2) is 0 Å². The molecule has 5 unspecified atom stereocenters. The van der Waals surface area contributed by atoms with Gasteiger partial charge in [-0.15, -0.1) is 23.5 Å². The van der Waals surface area contributed by atoms with Crippen LogP contribution in [0.25, 0.3) is 0 Å². The number of hydrogen-bond acceptors (Lipinski definition) is 6. The molecule has 1 aliphatic carbocycles. The van der Waals surface area contributed by atoms with Crippen molar-refractivity contribution in [2.75, 3.05) is 25.9 Å². The fourth-order valence-electron chi connectivity index (χ4n) is 4.67. The van der Waals surface area contributed by atoms with E-state index in [0.717, 1.165) is 38.1 Å². The van der Waals surface area contributed by atoms with Crippen molar-refractivity contribution in [3.8, 4) is 0 Å². The van der Waals surface area contributed by atoms with E-state index in [9.17, 15) is 9.59 Å². The highest BCUT2D eigenvalue weighted by Crippen LogP contribution is 2.37. The molecule has 4 fully saturated rings. The number of nitrogens with one attached hydrogen (secondary N) is 3. The average Bonchev–Trinajstić information content (AvgIpc) is 3.30. The van der Waals surface area contributed by atoms with E-state index in [4.69, 9.17) is 0 Å². The topological polar surface area (TPSA) is 73.5 Å². The fraction of sp³-hybridized carbons (Fsp3) is 0.895. The molecule has 8 heteroatoms. The molecular formula is C19H32N4O2S2. The maximum atomic E-state index is 12.8. The summed E-state index contributed by atoms with van der Waals surface area (Å²) in [5.74, 6) is 1.02. The Kier molecular flexibility index (Phi) is 6.57. The van der Waals surface area contributed by atoms with Crippen molar-refractivity contribution in [1.29, 1.82) is 0 Å². The molecule has 6 nitrogen and oxygen atoms in total. The van der Waals surface area contributed by atoms with Gasteiger partial charge in [-0.3, -0.25) is 14.9 Å². The number of piperidine rings is 1. The van der Waals surface area contributed by atoms with E-state index in [-0.39, 0.29) is 34.5 Å². The number of rotatable bonds is 4. The van der Waals surface area contributed by atoms with Crippen LogP contribution in [0.15, 0.2) is 0 Å². The smallest absolute Gasteiger partial charge is 0.248 e. The van der Waals surface area contributed by atoms with Crippen molar-refractivity contribution in [1.82, 2.24) is 20.9 Å². The minimum atomic E-state index is -0.156. The predicted molar refractivity (Wildman–Crippen MR) is 112 cm³/mol. The molecule has 4 aliphatic rings. The lowest BCUT2D eigenvalue weighted by Gasteiger charge is -2.31. The molecule has 2 amide bonds. The maximum absolute atomic E-state index is 12.8. The number of nitrogens with zero attached hydrogens (tertiary/aromatic N) is 1. The standard InChI is InChI=1S/C19H32N4O2S2/c1-23-9-6-12(7-10-23)20-16(24)13-8-11-26-18(13)22-17(25)19-21-14-4-2-3-5-15(14)27-19/h12-15,18-19,21H,2-11H2,1H3,(H,20,24)(H,22,25). The maximum Gasteiger partial charge on any atom is 0.248 e. The van der Waals surface area contributed by atoms with E-state index in [1.807, 2.05) is 0 Å². The van der Waals surface area contributed by atoms with E-state index in [1.54, 1.807) is 23.5 Å². The zero-order chi connectivity index (χ0) is 18.8. The van der Waals surface area contributed by atoms with E-state index in [0.29, 0.717) is 11.3 Å². The lowest BCUT2D eigenvalue weighted by atomic mass is 9.95. The first-order valence-electron chi connectivity index (χ1n) is 10.4. The highest BCUT2D eigenvalue weighted by atomic mass is 32.2. The van der Waals surface area contributed by atoms with Crippen LogP contribution < -0.4 is 16.0 Å². The van der Waals surface area contributed by atoms with Crippen LogP contribution in [0.2, 0.25) is 0 Å². The summed E-state index contributed by atoms with van der Waals surface area (Å²) in [7, 11) is 2.13. The molecule has 4 rings (SSSR count). The zero-order valence-corrected chi connectivity index (χ0v) is 17.7. The van der Waals surface area contributed by atoms with Crippen molar-refractivity contribution in [2.24, 2.45) is 5.92 Å². The van der Waals surface area contributed by atoms with Gasteiger partial charge in [-0.25, -0.2) is 0 Å². The van der Waals surface area contributed by atoms with Crippen LogP contribution >= 0.6 is 23.5 Å². The van der Waals surface area contributed by atoms with Gasteiger partial charge in [-0.1, -0.05) is 12.8 Å². The van der Waals surface area contributed by atoms with Gasteiger partial charge >= 0.3 is 0 Å². The van der Waals surface area contributed by atoms with Gasteiger partial charge in [-0.05, 0) is 58.0 Å². The first-order valence-corrected chi connectivity index (χ1v) is 12.4. The van der Waals surface area contributed by atoms with Crippen LogP contribution in [0.3, 0.4) is 0 Å². The molecule has 152 valence electrons. The summed E-state index contributed by atoms with van der Waals surface area (Å²) in [4.78, 5) is 27.9. The molecule has 0 aromatic carbocycles. The van der Waals surface area contributed by atoms with Crippen LogP contribution in [-0.2, 0) is 9.59 Å². The lowest BCUT2D eigenvalue weighted by molar-refractivity contribution is -0.126. The normalized spacial score (nSPS) is 37.7. The highest BCUT2D eigenvalue weighted by molar-refractivity contribution is 8.01. The molecule has 5 atom stereocenters. The van der Waals surface area contributed by atoms with Crippen LogP contribution in [0.1, 0.15) is 44.9 Å². The van der Waals surface area contributed by atoms with Gasteiger partial charge in [0.1, 0.15) is 5.37 Å². The largest absolute Gasteiger partial charge is 0.353 e. The van der Waals surface area contributed by atoms with Gasteiger partial charge in [0.2, 0.25) is 11.8 Å². The number of carbonyl (C=O) groups is 2. The molecule has 0 aromatic rings. The predicted octanol–water partition coefficient (Wildman–Crippen LogP) is 1.37. The van der Waals surface area contributed by atoms with Crippen molar-refractivity contribution in [2.45, 2.75) is 73.0 Å². The second kappa shape index (κ2) is 8.93. The fourth-order valence-corrected chi connectivity index (χ4v) is 7.51. The Morgan fingerprint density at radius 1 is 1.00 bits per heavy atom. The molecule has 3 N–H and O–H groups in total. The zero-order valence-electron chi connectivity index (χ0n) is 16.1. The SMILES string of the molecule is CN1CCC(NC(=O)C2CCSC2NC(=O)C2NC3CCCCC3S2)CC1. The summed E-state index contributed by atoms with van der Waals surface area (Å²) in [5.41, 5.74) is 0. The summed E-state index contributed by atoms with van der Waals surface area (Å²) >= 11 is 3.50. The summed E-state index contributed by atoms with van der Waals surface area (Å²) in [5, 5.41) is 10.3. The van der Waals surface area contributed by atoms with Crippen molar-refractivity contribution in [3.05, 3.63) is 0 Å². The van der Waals surface area contributed by atoms with Gasteiger partial charge < -0.3 is 15.5 Å². The molecular weight excluding hydrogens is 380 g/mol. The van der Waals surface area contributed by atoms with Gasteiger partial charge in [0.25, 0.3) is 0 Å². The molecule has 0 radical (unpaired) electrons. The Morgan fingerprint density at radius 2 is 1.78 bits per heavy atom. The van der Waals surface area contributed by atoms with Crippen LogP contribution in [0.4, 0.5) is 0 Å². The molecule has 3 heterocycles. The third-order valence-corrected chi connectivity index (χ3v) is 9.21. The third-order valence-electron chi connectivity index (χ3n) is 6.39. The first-order chi connectivity index (χ1) is 13.1. The number of hydrogen-bond donors (Lipinski definition) is 3. The van der Waals surface area contributed by atoms with E-state index in [2.05, 4.69) is 27.9 Å². The third kappa shape index (κ3) is 4.77. The van der Waals surface area contributed by atoms with E-state index in [1.165, 1.54) is 25.7 Å². The number of amides is 2. The Bertz CT molecular complexity index is 542. The Hall–Kier alpha value is -0.440. The van der Waals surface area contributed by atoms with Crippen LogP contribution in [0.5, 0.6) is 0 Å². The Balaban J connectivity index is 1.28. The number of carbonyl (C=O) groups excluding carboxylic acids is 2. The summed E-state index contributed by atoms with van der Waals surface area (Å²) in [6.07, 6.45) is 7.83. The van der Waals surface area contributed by atoms with Gasteiger partial charge in [-0.2, -0.15) is 0 Å². The van der Waals surface area contributed by atoms with Crippen molar-refractivity contribution in [3.63, 3.8) is 0 Å². The number of thioether (sulfide) groups is 2. The van der Waals surface area contributed by atoms with Crippen LogP contribution in [-0.4, -0.2) is 70.7 Å². The van der Waals surface area contributed by atoms with E-state index >= 15 is 0 Å².